The van der Waals surface area contributed by atoms with Crippen LogP contribution in [0.2, 0.25) is 0 Å². The number of imidazole rings is 2. The second kappa shape index (κ2) is 16.1. The molecule has 0 bridgehead atoms. The van der Waals surface area contributed by atoms with Gasteiger partial charge in [0.25, 0.3) is 0 Å². The predicted molar refractivity (Wildman–Crippen MR) is 221 cm³/mol. The highest BCUT2D eigenvalue weighted by Gasteiger charge is 2.56. The summed E-state index contributed by atoms with van der Waals surface area (Å²) < 4.78 is 15.3. The Morgan fingerprint density at radius 3 is 2.02 bits per heavy atom. The lowest BCUT2D eigenvalue weighted by Gasteiger charge is -2.30. The van der Waals surface area contributed by atoms with E-state index in [4.69, 9.17) is 19.2 Å². The van der Waals surface area contributed by atoms with Crippen LogP contribution in [0.1, 0.15) is 88.2 Å². The lowest BCUT2D eigenvalue weighted by Crippen LogP contribution is -2.52. The molecule has 61 heavy (non-hydrogen) atoms. The van der Waals surface area contributed by atoms with Crippen molar-refractivity contribution in [1.82, 2.24) is 45.7 Å². The minimum atomic E-state index is -0.929. The summed E-state index contributed by atoms with van der Waals surface area (Å²) in [6.07, 6.45) is 3.07. The third-order valence-corrected chi connectivity index (χ3v) is 12.4. The van der Waals surface area contributed by atoms with Gasteiger partial charge in [-0.3, -0.25) is 9.59 Å². The van der Waals surface area contributed by atoms with Crippen LogP contribution in [-0.2, 0) is 23.8 Å². The Bertz CT molecular complexity index is 2430. The number of aromatic amines is 2. The predicted octanol–water partition coefficient (Wildman–Crippen LogP) is 4.92. The first kappa shape index (κ1) is 41.2. The molecule has 3 saturated heterocycles. The number of hydrogen-bond acceptors (Lipinski definition) is 10. The van der Waals surface area contributed by atoms with Crippen LogP contribution in [0.3, 0.4) is 0 Å². The van der Waals surface area contributed by atoms with Crippen LogP contribution in [-0.4, -0.2) is 111 Å². The van der Waals surface area contributed by atoms with Gasteiger partial charge < -0.3 is 49.9 Å². The second-order valence-electron chi connectivity index (χ2n) is 17.4. The first-order valence-corrected chi connectivity index (χ1v) is 20.6. The Morgan fingerprint density at radius 1 is 0.820 bits per heavy atom. The van der Waals surface area contributed by atoms with E-state index in [0.717, 1.165) is 58.5 Å². The summed E-state index contributed by atoms with van der Waals surface area (Å²) in [5.74, 6) is 6.92. The molecule has 3 aliphatic heterocycles. The number of rotatable bonds is 9. The van der Waals surface area contributed by atoms with Crippen LogP contribution < -0.4 is 16.0 Å². The number of hydrogen-bond donors (Lipinski definition) is 5. The summed E-state index contributed by atoms with van der Waals surface area (Å²) in [6, 6.07) is 11.2. The first-order valence-electron chi connectivity index (χ1n) is 20.6. The maximum Gasteiger partial charge on any atom is 0.407 e. The molecule has 5 atom stereocenters. The minimum Gasteiger partial charge on any atom is -0.453 e. The quantitative estimate of drug-likeness (QED) is 0.113. The number of aromatic nitrogens is 4. The van der Waals surface area contributed by atoms with Gasteiger partial charge in [-0.2, -0.15) is 0 Å². The zero-order chi connectivity index (χ0) is 43.2. The zero-order valence-corrected chi connectivity index (χ0v) is 35.1. The summed E-state index contributed by atoms with van der Waals surface area (Å²) in [5.41, 5.74) is 3.94. The van der Waals surface area contributed by atoms with E-state index in [-0.39, 0.29) is 48.2 Å². The average Bonchev–Trinajstić information content (AvgIpc) is 3.80. The van der Waals surface area contributed by atoms with Crippen molar-refractivity contribution in [2.75, 3.05) is 33.9 Å². The Labute approximate surface area is 353 Å². The van der Waals surface area contributed by atoms with Gasteiger partial charge >= 0.3 is 18.3 Å². The molecule has 4 aromatic rings. The van der Waals surface area contributed by atoms with Crippen molar-refractivity contribution < 1.29 is 38.2 Å². The SMILES string of the molecule is COC(=O)N[C@H](C(=O)N1C[C@@]2(CNC(=O)O2)C[C@H]1c1ncc(-c2ccc(C#Cc3ccc4nc([C@@H]5CC6(CC6)CN5C(=O)[C@@H](NC(=O)OC)C(C)C)[nH]c4c3)cc2)[nH]1)C(C)C. The van der Waals surface area contributed by atoms with Gasteiger partial charge in [0.15, 0.2) is 5.60 Å². The van der Waals surface area contributed by atoms with Crippen LogP contribution in [0.15, 0.2) is 48.7 Å². The van der Waals surface area contributed by atoms with Gasteiger partial charge in [-0.15, -0.1) is 0 Å². The molecule has 8 rings (SSSR count). The number of benzene rings is 2. The highest BCUT2D eigenvalue weighted by atomic mass is 16.6. The molecule has 5 N–H and O–H groups in total. The van der Waals surface area contributed by atoms with Crippen LogP contribution in [0.25, 0.3) is 22.3 Å². The molecule has 0 radical (unpaired) electrons. The van der Waals surface area contributed by atoms with E-state index in [2.05, 4.69) is 42.7 Å². The fraction of sp³-hybridized carbons (Fsp3) is 0.477. The van der Waals surface area contributed by atoms with Gasteiger partial charge in [0.1, 0.15) is 23.7 Å². The lowest BCUT2D eigenvalue weighted by molar-refractivity contribution is -0.136. The maximum absolute atomic E-state index is 14.0. The van der Waals surface area contributed by atoms with E-state index in [1.165, 1.54) is 14.2 Å². The van der Waals surface area contributed by atoms with Crippen molar-refractivity contribution in [2.45, 2.75) is 83.1 Å². The van der Waals surface area contributed by atoms with Gasteiger partial charge in [-0.05, 0) is 72.4 Å². The number of likely N-dealkylation sites (tertiary alicyclic amines) is 2. The van der Waals surface area contributed by atoms with Crippen LogP contribution in [0, 0.1) is 29.1 Å². The van der Waals surface area contributed by atoms with E-state index in [1.54, 1.807) is 11.1 Å². The molecule has 320 valence electrons. The van der Waals surface area contributed by atoms with Crippen molar-refractivity contribution >= 4 is 41.1 Å². The van der Waals surface area contributed by atoms with Gasteiger partial charge in [-0.25, -0.2) is 24.4 Å². The summed E-state index contributed by atoms with van der Waals surface area (Å²) in [4.78, 5) is 84.2. The van der Waals surface area contributed by atoms with Crippen molar-refractivity contribution in [1.29, 1.82) is 0 Å². The fourth-order valence-corrected chi connectivity index (χ4v) is 8.75. The van der Waals surface area contributed by atoms with Crippen LogP contribution in [0.5, 0.6) is 0 Å². The van der Waals surface area contributed by atoms with Gasteiger partial charge in [0.2, 0.25) is 11.8 Å². The molecule has 1 aliphatic carbocycles. The normalized spacial score (nSPS) is 22.2. The summed E-state index contributed by atoms with van der Waals surface area (Å²) in [7, 11) is 2.53. The summed E-state index contributed by atoms with van der Waals surface area (Å²) >= 11 is 0. The average molecular weight is 834 g/mol. The van der Waals surface area contributed by atoms with E-state index in [9.17, 15) is 24.0 Å². The Morgan fingerprint density at radius 2 is 1.43 bits per heavy atom. The molecule has 17 nitrogen and oxygen atoms in total. The molecular formula is C44H51N9O8. The largest absolute Gasteiger partial charge is 0.453 e. The topological polar surface area (TPSA) is 213 Å². The molecule has 4 aliphatic rings. The number of fused-ring (bicyclic) bond motifs is 1. The molecule has 2 spiro atoms. The number of ether oxygens (including phenoxy) is 3. The second-order valence-corrected chi connectivity index (χ2v) is 17.4. The molecule has 4 fully saturated rings. The molecule has 0 unspecified atom stereocenters. The van der Waals surface area contributed by atoms with E-state index in [1.807, 2.05) is 75.1 Å². The summed E-state index contributed by atoms with van der Waals surface area (Å²) in [5, 5.41) is 8.10. The third-order valence-electron chi connectivity index (χ3n) is 12.4. The van der Waals surface area contributed by atoms with Crippen molar-refractivity contribution in [2.24, 2.45) is 17.3 Å². The van der Waals surface area contributed by atoms with E-state index >= 15 is 0 Å². The molecule has 17 heteroatoms. The number of nitrogens with one attached hydrogen (secondary N) is 5. The maximum atomic E-state index is 14.0. The van der Waals surface area contributed by atoms with E-state index < -0.39 is 42.0 Å². The molecule has 5 heterocycles. The highest BCUT2D eigenvalue weighted by molar-refractivity contribution is 5.88. The van der Waals surface area contributed by atoms with Crippen molar-refractivity contribution in [3.63, 3.8) is 0 Å². The lowest BCUT2D eigenvalue weighted by atomic mass is 10.0. The molecule has 2 aromatic heterocycles. The molecular weight excluding hydrogens is 783 g/mol. The number of amides is 5. The number of methoxy groups -OCH3 is 2. The monoisotopic (exact) mass is 833 g/mol. The fourth-order valence-electron chi connectivity index (χ4n) is 8.75. The number of alkyl carbamates (subject to hydrolysis) is 3. The van der Waals surface area contributed by atoms with Gasteiger partial charge in [-0.1, -0.05) is 51.7 Å². The highest BCUT2D eigenvalue weighted by Crippen LogP contribution is 2.58. The number of carbonyl (C=O) groups is 5. The smallest absolute Gasteiger partial charge is 0.407 e. The van der Waals surface area contributed by atoms with E-state index in [0.29, 0.717) is 18.8 Å². The first-order chi connectivity index (χ1) is 29.2. The number of carbonyl (C=O) groups excluding carboxylic acids is 5. The van der Waals surface area contributed by atoms with Crippen molar-refractivity contribution in [3.8, 4) is 23.1 Å². The minimum absolute atomic E-state index is 0.0903. The number of H-pyrrole nitrogens is 2. The van der Waals surface area contributed by atoms with Crippen LogP contribution >= 0.6 is 0 Å². The van der Waals surface area contributed by atoms with Gasteiger partial charge in [0, 0.05) is 24.1 Å². The van der Waals surface area contributed by atoms with Gasteiger partial charge in [0.05, 0.1) is 62.3 Å². The van der Waals surface area contributed by atoms with Crippen molar-refractivity contribution in [3.05, 3.63) is 71.4 Å². The summed E-state index contributed by atoms with van der Waals surface area (Å²) in [6.45, 7) is 8.49. The molecule has 2 aromatic carbocycles. The zero-order valence-electron chi connectivity index (χ0n) is 35.1. The standard InChI is InChI=1S/C44H51N9O8/c1-24(2)34(50-41(57)59-5)38(54)52-22-43(15-16-43)18-32(52)37-47-29-14-11-27(17-30(29)48-37)8-7-26-9-12-28(13-10-26)31-20-45-36(49-31)33-19-44(21-46-40(56)61-44)23-53(33)39(55)35(25(3)4)51-42(58)60-6/h9-14,17,20,24-25,32-35H,15-16,18-19,21-23H2,1-6H3,(H,45,49)(H,46,56)(H,47,48)(H,50,57)(H,51,58)/t32-,33-,34-,35-,44-/m0/s1. The third kappa shape index (κ3) is 8.31. The Balaban J connectivity index is 0.973. The Hall–Kier alpha value is -6.57. The Kier molecular flexibility index (Phi) is 10.9. The van der Waals surface area contributed by atoms with Crippen LogP contribution in [0.4, 0.5) is 14.4 Å². The number of nitrogens with zero attached hydrogens (tertiary/aromatic N) is 4. The molecule has 5 amide bonds. The molecule has 1 saturated carbocycles.